The fourth-order valence-corrected chi connectivity index (χ4v) is 2.90. The second-order valence-electron chi connectivity index (χ2n) is 6.06. The number of urea groups is 1. The molecular formula is C17H28N4O2. The number of ether oxygens (including phenoxy) is 1. The highest BCUT2D eigenvalue weighted by Crippen LogP contribution is 2.15. The van der Waals surface area contributed by atoms with Crippen molar-refractivity contribution in [2.75, 3.05) is 26.7 Å². The van der Waals surface area contributed by atoms with Gasteiger partial charge in [0, 0.05) is 36.9 Å². The van der Waals surface area contributed by atoms with E-state index < -0.39 is 0 Å². The van der Waals surface area contributed by atoms with Gasteiger partial charge in [0.2, 0.25) is 5.88 Å². The summed E-state index contributed by atoms with van der Waals surface area (Å²) in [7, 11) is 1.59. The molecule has 0 aliphatic carbocycles. The summed E-state index contributed by atoms with van der Waals surface area (Å²) >= 11 is 0. The van der Waals surface area contributed by atoms with Crippen LogP contribution in [0.25, 0.3) is 0 Å². The number of rotatable bonds is 6. The van der Waals surface area contributed by atoms with E-state index in [9.17, 15) is 4.79 Å². The third kappa shape index (κ3) is 5.39. The molecular weight excluding hydrogens is 292 g/mol. The van der Waals surface area contributed by atoms with Crippen molar-refractivity contribution < 1.29 is 9.53 Å². The number of aryl methyl sites for hydroxylation is 1. The van der Waals surface area contributed by atoms with Crippen LogP contribution in [0.3, 0.4) is 0 Å². The van der Waals surface area contributed by atoms with Crippen LogP contribution in [0, 0.1) is 6.92 Å². The summed E-state index contributed by atoms with van der Waals surface area (Å²) in [5.74, 6) is 0.568. The second-order valence-corrected chi connectivity index (χ2v) is 6.06. The molecule has 1 aliphatic heterocycles. The van der Waals surface area contributed by atoms with E-state index in [0.29, 0.717) is 12.4 Å². The summed E-state index contributed by atoms with van der Waals surface area (Å²) < 4.78 is 5.25. The fraction of sp³-hybridized carbons (Fsp3) is 0.647. The number of hydrogen-bond donors (Lipinski definition) is 2. The Balaban J connectivity index is 1.76. The van der Waals surface area contributed by atoms with E-state index in [-0.39, 0.29) is 12.1 Å². The lowest BCUT2D eigenvalue weighted by atomic mass is 10.1. The number of carbonyl (C=O) groups excluding carboxylic acids is 1. The van der Waals surface area contributed by atoms with Crippen LogP contribution in [0.5, 0.6) is 5.88 Å². The van der Waals surface area contributed by atoms with Gasteiger partial charge in [-0.15, -0.1) is 0 Å². The lowest BCUT2D eigenvalue weighted by Gasteiger charge is -2.32. The highest BCUT2D eigenvalue weighted by molar-refractivity contribution is 5.74. The third-order valence-corrected chi connectivity index (χ3v) is 4.17. The summed E-state index contributed by atoms with van der Waals surface area (Å²) in [6.07, 6.45) is 3.22. The average molecular weight is 320 g/mol. The maximum Gasteiger partial charge on any atom is 0.315 e. The van der Waals surface area contributed by atoms with Gasteiger partial charge in [0.25, 0.3) is 0 Å². The number of methoxy groups -OCH3 is 1. The number of likely N-dealkylation sites (tertiary alicyclic amines) is 1. The molecule has 0 atom stereocenters. The minimum Gasteiger partial charge on any atom is -0.481 e. The molecule has 1 aromatic rings. The van der Waals surface area contributed by atoms with Crippen LogP contribution < -0.4 is 15.4 Å². The molecule has 0 saturated carbocycles. The molecule has 23 heavy (non-hydrogen) atoms. The number of amides is 2. The van der Waals surface area contributed by atoms with Crippen molar-refractivity contribution in [1.82, 2.24) is 20.5 Å². The predicted octanol–water partition coefficient (Wildman–Crippen LogP) is 2.07. The zero-order chi connectivity index (χ0) is 16.7. The van der Waals surface area contributed by atoms with Crippen LogP contribution in [-0.4, -0.2) is 48.7 Å². The molecule has 0 radical (unpaired) electrons. The molecule has 2 heterocycles. The molecule has 0 spiro atoms. The van der Waals surface area contributed by atoms with Gasteiger partial charge in [-0.2, -0.15) is 0 Å². The molecule has 1 aromatic heterocycles. The number of pyridine rings is 1. The Morgan fingerprint density at radius 3 is 2.78 bits per heavy atom. The third-order valence-electron chi connectivity index (χ3n) is 4.17. The van der Waals surface area contributed by atoms with Crippen LogP contribution >= 0.6 is 0 Å². The van der Waals surface area contributed by atoms with Crippen LogP contribution in [0.15, 0.2) is 12.1 Å². The first kappa shape index (κ1) is 17.5. The van der Waals surface area contributed by atoms with E-state index >= 15 is 0 Å². The fourth-order valence-electron chi connectivity index (χ4n) is 2.90. The minimum atomic E-state index is -0.124. The molecule has 0 aromatic carbocycles. The Morgan fingerprint density at radius 1 is 1.39 bits per heavy atom. The number of hydrogen-bond acceptors (Lipinski definition) is 4. The SMILES string of the molecule is CCCN1CCC(NC(=O)NCc2ccc(C)nc2OC)CC1. The Kier molecular flexibility index (Phi) is 6.65. The first-order valence-corrected chi connectivity index (χ1v) is 8.39. The molecule has 2 N–H and O–H groups in total. The summed E-state index contributed by atoms with van der Waals surface area (Å²) in [5.41, 5.74) is 1.78. The molecule has 1 fully saturated rings. The summed E-state index contributed by atoms with van der Waals surface area (Å²) in [6.45, 7) is 7.81. The molecule has 1 saturated heterocycles. The van der Waals surface area contributed by atoms with Crippen molar-refractivity contribution in [3.05, 3.63) is 23.4 Å². The Hall–Kier alpha value is -1.82. The van der Waals surface area contributed by atoms with E-state index in [1.807, 2.05) is 19.1 Å². The smallest absolute Gasteiger partial charge is 0.315 e. The molecule has 2 rings (SSSR count). The van der Waals surface area contributed by atoms with Gasteiger partial charge in [-0.25, -0.2) is 9.78 Å². The number of piperidine rings is 1. The van der Waals surface area contributed by atoms with Crippen molar-refractivity contribution in [1.29, 1.82) is 0 Å². The van der Waals surface area contributed by atoms with E-state index in [2.05, 4.69) is 27.4 Å². The molecule has 0 unspecified atom stereocenters. The number of aromatic nitrogens is 1. The minimum absolute atomic E-state index is 0.124. The van der Waals surface area contributed by atoms with Crippen molar-refractivity contribution >= 4 is 6.03 Å². The van der Waals surface area contributed by atoms with Gasteiger partial charge < -0.3 is 20.3 Å². The van der Waals surface area contributed by atoms with Crippen molar-refractivity contribution in [2.24, 2.45) is 0 Å². The van der Waals surface area contributed by atoms with Gasteiger partial charge in [-0.1, -0.05) is 13.0 Å². The lowest BCUT2D eigenvalue weighted by Crippen LogP contribution is -2.47. The highest BCUT2D eigenvalue weighted by Gasteiger charge is 2.20. The standard InChI is InChI=1S/C17H28N4O2/c1-4-9-21-10-7-15(8-11-21)20-17(22)18-12-14-6-5-13(2)19-16(14)23-3/h5-6,15H,4,7-12H2,1-3H3,(H2,18,20,22). The monoisotopic (exact) mass is 320 g/mol. The number of nitrogens with zero attached hydrogens (tertiary/aromatic N) is 2. The van der Waals surface area contributed by atoms with Gasteiger partial charge in [0.1, 0.15) is 0 Å². The molecule has 128 valence electrons. The van der Waals surface area contributed by atoms with Crippen molar-refractivity contribution in [2.45, 2.75) is 45.7 Å². The second kappa shape index (κ2) is 8.72. The molecule has 6 heteroatoms. The topological polar surface area (TPSA) is 66.5 Å². The number of nitrogens with one attached hydrogen (secondary N) is 2. The molecule has 6 nitrogen and oxygen atoms in total. The maximum absolute atomic E-state index is 12.1. The van der Waals surface area contributed by atoms with Crippen LogP contribution in [0.4, 0.5) is 4.79 Å². The molecule has 2 amide bonds. The Morgan fingerprint density at radius 2 is 2.13 bits per heavy atom. The van der Waals surface area contributed by atoms with Gasteiger partial charge in [-0.3, -0.25) is 0 Å². The summed E-state index contributed by atoms with van der Waals surface area (Å²) in [5, 5.41) is 5.96. The lowest BCUT2D eigenvalue weighted by molar-refractivity contribution is 0.192. The van der Waals surface area contributed by atoms with E-state index in [1.54, 1.807) is 7.11 Å². The highest BCUT2D eigenvalue weighted by atomic mass is 16.5. The van der Waals surface area contributed by atoms with Crippen molar-refractivity contribution in [3.8, 4) is 5.88 Å². The van der Waals surface area contributed by atoms with Gasteiger partial charge in [0.05, 0.1) is 7.11 Å². The van der Waals surface area contributed by atoms with Gasteiger partial charge in [-0.05, 0) is 38.8 Å². The van der Waals surface area contributed by atoms with Gasteiger partial charge >= 0.3 is 6.03 Å². The molecule has 0 bridgehead atoms. The van der Waals surface area contributed by atoms with E-state index in [1.165, 1.54) is 6.42 Å². The van der Waals surface area contributed by atoms with Crippen LogP contribution in [0.1, 0.15) is 37.4 Å². The van der Waals surface area contributed by atoms with E-state index in [0.717, 1.165) is 43.7 Å². The van der Waals surface area contributed by atoms with Gasteiger partial charge in [0.15, 0.2) is 0 Å². The van der Waals surface area contributed by atoms with E-state index in [4.69, 9.17) is 4.74 Å². The summed E-state index contributed by atoms with van der Waals surface area (Å²) in [6, 6.07) is 3.99. The Bertz CT molecular complexity index is 513. The van der Waals surface area contributed by atoms with Crippen LogP contribution in [-0.2, 0) is 6.54 Å². The van der Waals surface area contributed by atoms with Crippen LogP contribution in [0.2, 0.25) is 0 Å². The largest absolute Gasteiger partial charge is 0.481 e. The normalized spacial score (nSPS) is 16.1. The zero-order valence-corrected chi connectivity index (χ0v) is 14.4. The maximum atomic E-state index is 12.1. The zero-order valence-electron chi connectivity index (χ0n) is 14.4. The van der Waals surface area contributed by atoms with Crippen molar-refractivity contribution in [3.63, 3.8) is 0 Å². The average Bonchev–Trinajstić information content (AvgIpc) is 2.55. The predicted molar refractivity (Wildman–Crippen MR) is 90.7 cm³/mol. The molecule has 1 aliphatic rings. The quantitative estimate of drug-likeness (QED) is 0.842. The number of carbonyl (C=O) groups is 1. The summed E-state index contributed by atoms with van der Waals surface area (Å²) in [4.78, 5) is 18.8. The Labute approximate surface area is 138 Å². The first-order valence-electron chi connectivity index (χ1n) is 8.39. The first-order chi connectivity index (χ1) is 11.1.